The van der Waals surface area contributed by atoms with E-state index in [1.807, 2.05) is 0 Å². The summed E-state index contributed by atoms with van der Waals surface area (Å²) in [4.78, 5) is 20.2. The van der Waals surface area contributed by atoms with E-state index < -0.39 is 5.91 Å². The van der Waals surface area contributed by atoms with Crippen molar-refractivity contribution in [1.29, 1.82) is 5.26 Å². The first kappa shape index (κ1) is 8.56. The van der Waals surface area contributed by atoms with Crippen molar-refractivity contribution in [1.82, 2.24) is 5.01 Å². The van der Waals surface area contributed by atoms with Crippen molar-refractivity contribution in [3.8, 4) is 6.07 Å². The molecule has 54 valence electrons. The highest BCUT2D eigenvalue weighted by atomic mass is 16.3. The molecule has 5 nitrogen and oxygen atoms in total. The smallest absolute Gasteiger partial charge is 0.242 e. The predicted molar refractivity (Wildman–Crippen MR) is 33.4 cm³/mol. The fourth-order valence-corrected chi connectivity index (χ4v) is 0.412. The standard InChI is InChI=1S/C5H7N3O2/c1-5(9)8(7-10)4-2-3-6/h2,4H2,1H3. The second-order valence-electron chi connectivity index (χ2n) is 1.63. The van der Waals surface area contributed by atoms with Gasteiger partial charge in [-0.2, -0.15) is 10.3 Å². The van der Waals surface area contributed by atoms with E-state index >= 15 is 0 Å². The summed E-state index contributed by atoms with van der Waals surface area (Å²) in [6.45, 7) is 1.30. The Balaban J connectivity index is 3.74. The Labute approximate surface area is 58.2 Å². The third-order valence-electron chi connectivity index (χ3n) is 0.897. The summed E-state index contributed by atoms with van der Waals surface area (Å²) in [5.41, 5.74) is 0. The van der Waals surface area contributed by atoms with Gasteiger partial charge in [0.25, 0.3) is 0 Å². The average Bonchev–Trinajstić information content (AvgIpc) is 1.89. The summed E-state index contributed by atoms with van der Waals surface area (Å²) in [5, 5.41) is 11.2. The van der Waals surface area contributed by atoms with E-state index in [4.69, 9.17) is 5.26 Å². The zero-order valence-corrected chi connectivity index (χ0v) is 5.57. The Hall–Kier alpha value is -1.44. The molecule has 0 N–H and O–H groups in total. The first-order valence-corrected chi connectivity index (χ1v) is 2.70. The fraction of sp³-hybridized carbons (Fsp3) is 0.600. The number of hydrogen-bond donors (Lipinski definition) is 0. The maximum atomic E-state index is 10.4. The second-order valence-corrected chi connectivity index (χ2v) is 1.63. The Bertz CT molecular complexity index is 172. The van der Waals surface area contributed by atoms with Gasteiger partial charge in [-0.05, 0) is 0 Å². The van der Waals surface area contributed by atoms with E-state index in [-0.39, 0.29) is 13.0 Å². The van der Waals surface area contributed by atoms with Gasteiger partial charge < -0.3 is 0 Å². The first-order chi connectivity index (χ1) is 4.72. The van der Waals surface area contributed by atoms with Crippen molar-refractivity contribution < 1.29 is 4.79 Å². The number of nitrogens with zero attached hydrogens (tertiary/aromatic N) is 3. The van der Waals surface area contributed by atoms with Crippen LogP contribution >= 0.6 is 0 Å². The molecule has 0 aliphatic heterocycles. The lowest BCUT2D eigenvalue weighted by Gasteiger charge is -2.06. The van der Waals surface area contributed by atoms with Gasteiger partial charge in [0.15, 0.2) is 0 Å². The molecule has 0 fully saturated rings. The van der Waals surface area contributed by atoms with Crippen molar-refractivity contribution in [2.75, 3.05) is 6.54 Å². The number of carbonyl (C=O) groups is 1. The molecule has 0 aliphatic rings. The van der Waals surface area contributed by atoms with Crippen LogP contribution in [0.15, 0.2) is 5.29 Å². The minimum absolute atomic E-state index is 0.0787. The Morgan fingerprint density at radius 1 is 1.80 bits per heavy atom. The van der Waals surface area contributed by atoms with Gasteiger partial charge in [-0.1, -0.05) is 0 Å². The number of rotatable bonds is 3. The van der Waals surface area contributed by atoms with Crippen molar-refractivity contribution in [3.05, 3.63) is 4.91 Å². The molecule has 0 rings (SSSR count). The SMILES string of the molecule is CC(=O)N(CCC#N)N=O. The molecule has 0 bridgehead atoms. The third kappa shape index (κ3) is 2.77. The van der Waals surface area contributed by atoms with Gasteiger partial charge in [0, 0.05) is 6.92 Å². The zero-order valence-electron chi connectivity index (χ0n) is 5.57. The largest absolute Gasteiger partial charge is 0.273 e. The van der Waals surface area contributed by atoms with Crippen LogP contribution < -0.4 is 0 Å². The van der Waals surface area contributed by atoms with Crippen LogP contribution in [0.25, 0.3) is 0 Å². The van der Waals surface area contributed by atoms with Gasteiger partial charge >= 0.3 is 0 Å². The Morgan fingerprint density at radius 3 is 2.70 bits per heavy atom. The van der Waals surface area contributed by atoms with E-state index in [2.05, 4.69) is 5.29 Å². The average molecular weight is 141 g/mol. The van der Waals surface area contributed by atoms with Gasteiger partial charge in [0.2, 0.25) is 5.91 Å². The summed E-state index contributed by atoms with van der Waals surface area (Å²) < 4.78 is 0. The molecule has 0 radical (unpaired) electrons. The highest BCUT2D eigenvalue weighted by Gasteiger charge is 2.05. The molecule has 0 aromatic carbocycles. The van der Waals surface area contributed by atoms with Gasteiger partial charge in [-0.25, -0.2) is 0 Å². The van der Waals surface area contributed by atoms with E-state index in [0.717, 1.165) is 0 Å². The molecule has 1 amide bonds. The summed E-state index contributed by atoms with van der Waals surface area (Å²) in [6.07, 6.45) is 0.130. The minimum Gasteiger partial charge on any atom is -0.273 e. The summed E-state index contributed by atoms with van der Waals surface area (Å²) >= 11 is 0. The van der Waals surface area contributed by atoms with Gasteiger partial charge in [-0.15, -0.1) is 4.91 Å². The van der Waals surface area contributed by atoms with Crippen LogP contribution in [0.5, 0.6) is 0 Å². The van der Waals surface area contributed by atoms with Crippen molar-refractivity contribution in [3.63, 3.8) is 0 Å². The maximum absolute atomic E-state index is 10.4. The van der Waals surface area contributed by atoms with Crippen LogP contribution in [0.4, 0.5) is 0 Å². The van der Waals surface area contributed by atoms with Crippen LogP contribution in [0.1, 0.15) is 13.3 Å². The van der Waals surface area contributed by atoms with Crippen molar-refractivity contribution in [2.45, 2.75) is 13.3 Å². The monoisotopic (exact) mass is 141 g/mol. The maximum Gasteiger partial charge on any atom is 0.242 e. The van der Waals surface area contributed by atoms with Gasteiger partial charge in [0.05, 0.1) is 24.3 Å². The lowest BCUT2D eigenvalue weighted by atomic mass is 10.4. The quantitative estimate of drug-likeness (QED) is 0.422. The first-order valence-electron chi connectivity index (χ1n) is 2.70. The van der Waals surface area contributed by atoms with Crippen LogP contribution in [0.2, 0.25) is 0 Å². The fourth-order valence-electron chi connectivity index (χ4n) is 0.412. The predicted octanol–water partition coefficient (Wildman–Crippen LogP) is 0.430. The minimum atomic E-state index is -0.440. The number of nitroso groups, excluding NO2 is 1. The summed E-state index contributed by atoms with van der Waals surface area (Å²) in [6, 6.07) is 1.79. The normalized spacial score (nSPS) is 8.00. The Morgan fingerprint density at radius 2 is 2.40 bits per heavy atom. The van der Waals surface area contributed by atoms with Crippen molar-refractivity contribution >= 4 is 5.91 Å². The summed E-state index contributed by atoms with van der Waals surface area (Å²) in [5.74, 6) is -0.440. The molecular weight excluding hydrogens is 134 g/mol. The number of amides is 1. The molecule has 0 atom stereocenters. The van der Waals surface area contributed by atoms with Crippen LogP contribution in [-0.4, -0.2) is 17.5 Å². The van der Waals surface area contributed by atoms with Crippen molar-refractivity contribution in [2.24, 2.45) is 5.29 Å². The van der Waals surface area contributed by atoms with Gasteiger partial charge in [0.1, 0.15) is 0 Å². The van der Waals surface area contributed by atoms with E-state index in [9.17, 15) is 9.70 Å². The second kappa shape index (κ2) is 4.44. The van der Waals surface area contributed by atoms with Crippen LogP contribution in [0.3, 0.4) is 0 Å². The zero-order chi connectivity index (χ0) is 7.98. The van der Waals surface area contributed by atoms with E-state index in [0.29, 0.717) is 5.01 Å². The topological polar surface area (TPSA) is 73.5 Å². The van der Waals surface area contributed by atoms with E-state index in [1.165, 1.54) is 6.92 Å². The highest BCUT2D eigenvalue weighted by Crippen LogP contribution is 1.91. The third-order valence-corrected chi connectivity index (χ3v) is 0.897. The molecule has 0 unspecified atom stereocenters. The molecule has 0 aromatic heterocycles. The number of nitriles is 1. The van der Waals surface area contributed by atoms with E-state index in [1.54, 1.807) is 6.07 Å². The molecule has 0 aliphatic carbocycles. The van der Waals surface area contributed by atoms with Crippen LogP contribution in [-0.2, 0) is 4.79 Å². The molecule has 0 spiro atoms. The molecule has 0 heterocycles. The lowest BCUT2D eigenvalue weighted by Crippen LogP contribution is -2.22. The lowest BCUT2D eigenvalue weighted by molar-refractivity contribution is -0.128. The van der Waals surface area contributed by atoms with Crippen LogP contribution in [0, 0.1) is 16.2 Å². The highest BCUT2D eigenvalue weighted by molar-refractivity contribution is 5.72. The molecule has 5 heteroatoms. The number of carbonyl (C=O) groups excluding carboxylic acids is 1. The molecule has 0 saturated carbocycles. The Kier molecular flexibility index (Phi) is 3.80. The molecular formula is C5H7N3O2. The molecule has 10 heavy (non-hydrogen) atoms. The molecule has 0 aromatic rings. The molecule has 0 saturated heterocycles. The summed E-state index contributed by atoms with van der Waals surface area (Å²) in [7, 11) is 0. The van der Waals surface area contributed by atoms with Gasteiger partial charge in [-0.3, -0.25) is 4.79 Å². The number of hydrogen-bond acceptors (Lipinski definition) is 4.